The number of aliphatic hydroxyl groups is 1. The van der Waals surface area contributed by atoms with E-state index in [1.54, 1.807) is 4.90 Å². The van der Waals surface area contributed by atoms with Gasteiger partial charge < -0.3 is 15.7 Å². The number of rotatable bonds is 3. The van der Waals surface area contributed by atoms with Crippen molar-refractivity contribution in [2.45, 2.75) is 51.5 Å². The zero-order valence-electron chi connectivity index (χ0n) is 12.2. The van der Waals surface area contributed by atoms with Gasteiger partial charge in [0.15, 0.2) is 5.69 Å². The molecule has 1 aromatic heterocycles. The van der Waals surface area contributed by atoms with Gasteiger partial charge in [-0.1, -0.05) is 26.7 Å². The largest absolute Gasteiger partial charge is 0.395 e. The van der Waals surface area contributed by atoms with E-state index in [1.165, 1.54) is 0 Å². The fraction of sp³-hybridized carbons (Fsp3) is 0.714. The molecule has 1 aromatic rings. The minimum atomic E-state index is -0.174. The van der Waals surface area contributed by atoms with E-state index < -0.39 is 0 Å². The second-order valence-corrected chi connectivity index (χ2v) is 5.74. The highest BCUT2D eigenvalue weighted by atomic mass is 16.3. The van der Waals surface area contributed by atoms with Gasteiger partial charge in [-0.05, 0) is 18.8 Å². The zero-order chi connectivity index (χ0) is 14.7. The van der Waals surface area contributed by atoms with Crippen LogP contribution >= 0.6 is 0 Å². The Morgan fingerprint density at radius 1 is 1.50 bits per heavy atom. The highest BCUT2D eigenvalue weighted by Gasteiger charge is 2.29. The van der Waals surface area contributed by atoms with Gasteiger partial charge in [-0.3, -0.25) is 9.89 Å². The van der Waals surface area contributed by atoms with Gasteiger partial charge in [0.25, 0.3) is 5.91 Å². The predicted molar refractivity (Wildman–Crippen MR) is 77.5 cm³/mol. The Labute approximate surface area is 119 Å². The molecule has 1 aliphatic heterocycles. The minimum Gasteiger partial charge on any atom is -0.395 e. The van der Waals surface area contributed by atoms with Crippen LogP contribution in [0.1, 0.15) is 61.6 Å². The highest BCUT2D eigenvalue weighted by molar-refractivity contribution is 5.98. The average molecular weight is 280 g/mol. The van der Waals surface area contributed by atoms with Crippen molar-refractivity contribution in [2.75, 3.05) is 18.9 Å². The molecule has 6 nitrogen and oxygen atoms in total. The normalized spacial score (nSPS) is 20.2. The molecular formula is C14H24N4O2. The monoisotopic (exact) mass is 280 g/mol. The maximum absolute atomic E-state index is 12.6. The zero-order valence-corrected chi connectivity index (χ0v) is 12.2. The molecule has 112 valence electrons. The van der Waals surface area contributed by atoms with Crippen LogP contribution in [0.25, 0.3) is 0 Å². The second-order valence-electron chi connectivity index (χ2n) is 5.74. The summed E-state index contributed by atoms with van der Waals surface area (Å²) in [4.78, 5) is 14.4. The first kappa shape index (κ1) is 14.8. The quantitative estimate of drug-likeness (QED) is 0.781. The van der Waals surface area contributed by atoms with Crippen LogP contribution < -0.4 is 5.73 Å². The van der Waals surface area contributed by atoms with E-state index in [2.05, 4.69) is 10.2 Å². The predicted octanol–water partition coefficient (Wildman–Crippen LogP) is 1.49. The van der Waals surface area contributed by atoms with Crippen LogP contribution in [0.15, 0.2) is 0 Å². The van der Waals surface area contributed by atoms with Crippen LogP contribution in [0.2, 0.25) is 0 Å². The first-order valence-electron chi connectivity index (χ1n) is 7.31. The lowest BCUT2D eigenvalue weighted by Gasteiger charge is -2.28. The van der Waals surface area contributed by atoms with Gasteiger partial charge in [0.05, 0.1) is 24.0 Å². The van der Waals surface area contributed by atoms with E-state index in [4.69, 9.17) is 5.73 Å². The van der Waals surface area contributed by atoms with Gasteiger partial charge in [0, 0.05) is 6.54 Å². The van der Waals surface area contributed by atoms with Gasteiger partial charge in [-0.15, -0.1) is 0 Å². The van der Waals surface area contributed by atoms with Crippen LogP contribution in [-0.4, -0.2) is 45.3 Å². The lowest BCUT2D eigenvalue weighted by molar-refractivity contribution is 0.0595. The third-order valence-corrected chi connectivity index (χ3v) is 3.96. The molecule has 1 unspecified atom stereocenters. The van der Waals surface area contributed by atoms with Crippen molar-refractivity contribution in [1.29, 1.82) is 0 Å². The van der Waals surface area contributed by atoms with Crippen molar-refractivity contribution in [1.82, 2.24) is 15.1 Å². The highest BCUT2D eigenvalue weighted by Crippen LogP contribution is 2.25. The molecule has 0 saturated carbocycles. The molecule has 0 spiro atoms. The Hall–Kier alpha value is -1.56. The minimum absolute atomic E-state index is 0.00684. The Morgan fingerprint density at radius 3 is 2.85 bits per heavy atom. The number of aliphatic hydroxyl groups excluding tert-OH is 1. The van der Waals surface area contributed by atoms with Crippen molar-refractivity contribution in [3.05, 3.63) is 11.4 Å². The number of aromatic nitrogens is 2. The standard InChI is InChI=1S/C14H24N4O2/c1-9(2)12-11(15)13(17-16-12)14(20)18-7-5-3-4-6-10(18)8-19/h9-10,19H,3-8,15H2,1-2H3,(H,16,17). The van der Waals surface area contributed by atoms with Crippen molar-refractivity contribution in [3.63, 3.8) is 0 Å². The third-order valence-electron chi connectivity index (χ3n) is 3.96. The van der Waals surface area contributed by atoms with Crippen molar-refractivity contribution < 1.29 is 9.90 Å². The Kier molecular flexibility index (Phi) is 4.65. The molecular weight excluding hydrogens is 256 g/mol. The number of nitrogens with one attached hydrogen (secondary N) is 1. The van der Waals surface area contributed by atoms with Crippen molar-refractivity contribution in [3.8, 4) is 0 Å². The SMILES string of the molecule is CC(C)c1[nH]nc(C(=O)N2CCCCCC2CO)c1N. The number of hydrogen-bond donors (Lipinski definition) is 3. The smallest absolute Gasteiger partial charge is 0.276 e. The third kappa shape index (κ3) is 2.80. The van der Waals surface area contributed by atoms with Crippen LogP contribution in [0.5, 0.6) is 0 Å². The number of anilines is 1. The summed E-state index contributed by atoms with van der Waals surface area (Å²) in [7, 11) is 0. The molecule has 2 heterocycles. The topological polar surface area (TPSA) is 95.2 Å². The Bertz CT molecular complexity index is 470. The molecule has 1 fully saturated rings. The molecule has 1 saturated heterocycles. The van der Waals surface area contributed by atoms with Crippen LogP contribution in [0, 0.1) is 0 Å². The summed E-state index contributed by atoms with van der Waals surface area (Å²) in [5.74, 6) is 0.0217. The molecule has 2 rings (SSSR count). The summed E-state index contributed by atoms with van der Waals surface area (Å²) in [6, 6.07) is -0.122. The molecule has 0 aliphatic carbocycles. The number of nitrogens with zero attached hydrogens (tertiary/aromatic N) is 2. The fourth-order valence-electron chi connectivity index (χ4n) is 2.74. The van der Waals surface area contributed by atoms with Gasteiger partial charge >= 0.3 is 0 Å². The van der Waals surface area contributed by atoms with E-state index in [-0.39, 0.29) is 30.2 Å². The number of aromatic amines is 1. The second kappa shape index (κ2) is 6.26. The molecule has 0 aromatic carbocycles. The number of carbonyl (C=O) groups excluding carboxylic acids is 1. The number of nitrogens with two attached hydrogens (primary N) is 1. The number of H-pyrrole nitrogens is 1. The summed E-state index contributed by atoms with van der Waals surface area (Å²) in [5, 5.41) is 16.4. The van der Waals surface area contributed by atoms with E-state index in [9.17, 15) is 9.90 Å². The summed E-state index contributed by atoms with van der Waals surface area (Å²) in [5.41, 5.74) is 7.55. The van der Waals surface area contributed by atoms with Gasteiger partial charge in [-0.25, -0.2) is 0 Å². The molecule has 20 heavy (non-hydrogen) atoms. The maximum atomic E-state index is 12.6. The van der Waals surface area contributed by atoms with Crippen LogP contribution in [0.3, 0.4) is 0 Å². The first-order chi connectivity index (χ1) is 9.56. The lowest BCUT2D eigenvalue weighted by Crippen LogP contribution is -2.42. The Morgan fingerprint density at radius 2 is 2.25 bits per heavy atom. The van der Waals surface area contributed by atoms with Gasteiger partial charge in [-0.2, -0.15) is 5.10 Å². The molecule has 1 atom stereocenters. The van der Waals surface area contributed by atoms with E-state index in [1.807, 2.05) is 13.8 Å². The average Bonchev–Trinajstić information content (AvgIpc) is 2.66. The number of amides is 1. The van der Waals surface area contributed by atoms with Crippen molar-refractivity contribution in [2.24, 2.45) is 0 Å². The summed E-state index contributed by atoms with van der Waals surface area (Å²) >= 11 is 0. The number of likely N-dealkylation sites (tertiary alicyclic amines) is 1. The summed E-state index contributed by atoms with van der Waals surface area (Å²) < 4.78 is 0. The van der Waals surface area contributed by atoms with Crippen molar-refractivity contribution >= 4 is 11.6 Å². The first-order valence-corrected chi connectivity index (χ1v) is 7.31. The van der Waals surface area contributed by atoms with E-state index in [0.717, 1.165) is 31.4 Å². The molecule has 0 bridgehead atoms. The van der Waals surface area contributed by atoms with Crippen LogP contribution in [-0.2, 0) is 0 Å². The van der Waals surface area contributed by atoms with E-state index in [0.29, 0.717) is 12.2 Å². The molecule has 6 heteroatoms. The lowest BCUT2D eigenvalue weighted by atomic mass is 10.1. The van der Waals surface area contributed by atoms with E-state index >= 15 is 0 Å². The number of nitrogen functional groups attached to an aromatic ring is 1. The summed E-state index contributed by atoms with van der Waals surface area (Å²) in [6.07, 6.45) is 3.93. The molecule has 0 radical (unpaired) electrons. The van der Waals surface area contributed by atoms with Gasteiger partial charge in [0.2, 0.25) is 0 Å². The number of hydrogen-bond acceptors (Lipinski definition) is 4. The fourth-order valence-corrected chi connectivity index (χ4v) is 2.74. The molecule has 1 aliphatic rings. The Balaban J connectivity index is 2.25. The molecule has 4 N–H and O–H groups in total. The molecule has 1 amide bonds. The summed E-state index contributed by atoms with van der Waals surface area (Å²) in [6.45, 7) is 4.65. The number of carbonyl (C=O) groups is 1. The van der Waals surface area contributed by atoms with Gasteiger partial charge in [0.1, 0.15) is 0 Å². The maximum Gasteiger partial charge on any atom is 0.276 e. The van der Waals surface area contributed by atoms with Crippen LogP contribution in [0.4, 0.5) is 5.69 Å².